The lowest BCUT2D eigenvalue weighted by molar-refractivity contribution is 0.255. The zero-order chi connectivity index (χ0) is 21.2. The smallest absolute Gasteiger partial charge is 0.124 e. The molecule has 1 heterocycles. The Bertz CT molecular complexity index is 748. The van der Waals surface area contributed by atoms with Crippen LogP contribution in [0.4, 0.5) is 0 Å². The fraction of sp³-hybridized carbons (Fsp3) is 0.609. The molecule has 2 aromatic rings. The molecule has 6 heteroatoms. The van der Waals surface area contributed by atoms with Crippen LogP contribution in [-0.2, 0) is 13.1 Å². The maximum atomic E-state index is 11.2. The van der Waals surface area contributed by atoms with Gasteiger partial charge in [0.2, 0.25) is 0 Å². The third-order valence-corrected chi connectivity index (χ3v) is 7.87. The first-order valence-electron chi connectivity index (χ1n) is 10.9. The van der Waals surface area contributed by atoms with E-state index in [-0.39, 0.29) is 0 Å². The average Bonchev–Trinajstić information content (AvgIpc) is 3.12. The van der Waals surface area contributed by atoms with E-state index in [9.17, 15) is 5.11 Å². The predicted octanol–water partition coefficient (Wildman–Crippen LogP) is 7.16. The van der Waals surface area contributed by atoms with Crippen molar-refractivity contribution in [1.82, 2.24) is 9.80 Å². The minimum atomic E-state index is 0.474. The quantitative estimate of drug-likeness (QED) is 0.258. The fourth-order valence-electron chi connectivity index (χ4n) is 3.80. The van der Waals surface area contributed by atoms with E-state index < -0.39 is 0 Å². The third-order valence-electron chi connectivity index (χ3n) is 4.96. The van der Waals surface area contributed by atoms with Gasteiger partial charge in [-0.05, 0) is 75.6 Å². The van der Waals surface area contributed by atoms with Crippen LogP contribution in [0.2, 0.25) is 0 Å². The van der Waals surface area contributed by atoms with Crippen molar-refractivity contribution in [2.45, 2.75) is 66.5 Å². The summed E-state index contributed by atoms with van der Waals surface area (Å²) < 4.78 is 0.929. The van der Waals surface area contributed by atoms with Gasteiger partial charge in [0.05, 0.1) is 0 Å². The van der Waals surface area contributed by atoms with Gasteiger partial charge in [0, 0.05) is 29.1 Å². The van der Waals surface area contributed by atoms with Gasteiger partial charge in [-0.2, -0.15) is 0 Å². The molecule has 0 amide bonds. The normalized spacial score (nSPS) is 11.7. The van der Waals surface area contributed by atoms with Gasteiger partial charge in [0.25, 0.3) is 0 Å². The van der Waals surface area contributed by atoms with Crippen molar-refractivity contribution in [2.24, 2.45) is 0 Å². The largest absolute Gasteiger partial charge is 0.507 e. The number of hydrogen-bond acceptors (Lipinski definition) is 6. The summed E-state index contributed by atoms with van der Waals surface area (Å²) >= 11 is 5.37. The van der Waals surface area contributed by atoms with Gasteiger partial charge in [-0.3, -0.25) is 9.80 Å². The minimum absolute atomic E-state index is 0.474. The van der Waals surface area contributed by atoms with Crippen LogP contribution in [0.3, 0.4) is 0 Å². The summed E-state index contributed by atoms with van der Waals surface area (Å²) in [4.78, 5) is 6.11. The molecule has 2 rings (SSSR count). The Morgan fingerprint density at radius 1 is 0.759 bits per heavy atom. The standard InChI is InChI=1S/C23H36N2OS3/c1-5-9-24(10-6-2)16-19-13-18(21-15-22(27)29-28-21)14-20(23(19)26)17-25(11-7-3)12-8-4/h13-15,26H,5-12,16-17H2,1-4H3. The van der Waals surface area contributed by atoms with Gasteiger partial charge < -0.3 is 5.11 Å². The number of phenolic OH excluding ortho intramolecular Hbond substituents is 1. The van der Waals surface area contributed by atoms with Gasteiger partial charge in [-0.15, -0.1) is 0 Å². The first kappa shape index (κ1) is 24.5. The lowest BCUT2D eigenvalue weighted by Crippen LogP contribution is -2.26. The molecule has 0 unspecified atom stereocenters. The molecule has 0 bridgehead atoms. The molecule has 0 spiro atoms. The molecule has 1 aromatic heterocycles. The molecular formula is C23H36N2OS3. The third kappa shape index (κ3) is 7.44. The molecule has 0 saturated heterocycles. The Morgan fingerprint density at radius 2 is 1.21 bits per heavy atom. The summed E-state index contributed by atoms with van der Waals surface area (Å²) in [6.07, 6.45) is 4.50. The monoisotopic (exact) mass is 452 g/mol. The molecule has 29 heavy (non-hydrogen) atoms. The lowest BCUT2D eigenvalue weighted by atomic mass is 10.0. The molecular weight excluding hydrogens is 416 g/mol. The maximum Gasteiger partial charge on any atom is 0.124 e. The van der Waals surface area contributed by atoms with Crippen LogP contribution in [0.15, 0.2) is 18.2 Å². The first-order chi connectivity index (χ1) is 14.0. The number of nitrogens with zero attached hydrogens (tertiary/aromatic N) is 2. The molecule has 162 valence electrons. The molecule has 0 atom stereocenters. The van der Waals surface area contributed by atoms with E-state index in [0.717, 1.165) is 79.9 Å². The van der Waals surface area contributed by atoms with E-state index in [1.54, 1.807) is 20.7 Å². The van der Waals surface area contributed by atoms with E-state index in [4.69, 9.17) is 12.2 Å². The summed E-state index contributed by atoms with van der Waals surface area (Å²) in [6, 6.07) is 6.44. The van der Waals surface area contributed by atoms with Crippen molar-refractivity contribution in [3.63, 3.8) is 0 Å². The van der Waals surface area contributed by atoms with Crippen LogP contribution in [0.1, 0.15) is 64.5 Å². The summed E-state index contributed by atoms with van der Waals surface area (Å²) in [6.45, 7) is 14.7. The number of phenols is 1. The topological polar surface area (TPSA) is 26.7 Å². The molecule has 1 aromatic carbocycles. The number of hydrogen-bond donors (Lipinski definition) is 1. The first-order valence-corrected chi connectivity index (χ1v) is 13.5. The van der Waals surface area contributed by atoms with Crippen molar-refractivity contribution in [2.75, 3.05) is 26.2 Å². The number of rotatable bonds is 13. The van der Waals surface area contributed by atoms with Gasteiger partial charge in [0.1, 0.15) is 9.57 Å². The van der Waals surface area contributed by atoms with Crippen LogP contribution in [0.25, 0.3) is 10.4 Å². The second-order valence-electron chi connectivity index (χ2n) is 7.69. The Labute approximate surface area is 189 Å². The van der Waals surface area contributed by atoms with Crippen molar-refractivity contribution in [3.8, 4) is 16.2 Å². The summed E-state index contributed by atoms with van der Waals surface area (Å²) in [5.41, 5.74) is 3.26. The highest BCUT2D eigenvalue weighted by Gasteiger charge is 2.17. The van der Waals surface area contributed by atoms with E-state index >= 15 is 0 Å². The molecule has 0 saturated carbocycles. The Hall–Kier alpha value is -0.790. The van der Waals surface area contributed by atoms with E-state index in [1.807, 2.05) is 0 Å². The highest BCUT2D eigenvalue weighted by atomic mass is 32.9. The van der Waals surface area contributed by atoms with Gasteiger partial charge in [-0.25, -0.2) is 0 Å². The Balaban J connectivity index is 2.43. The second kappa shape index (κ2) is 12.8. The zero-order valence-corrected chi connectivity index (χ0v) is 20.8. The minimum Gasteiger partial charge on any atom is -0.507 e. The zero-order valence-electron chi connectivity index (χ0n) is 18.4. The Morgan fingerprint density at radius 3 is 1.55 bits per heavy atom. The number of aromatic hydroxyl groups is 1. The summed E-state index contributed by atoms with van der Waals surface area (Å²) in [7, 11) is 3.38. The van der Waals surface area contributed by atoms with Crippen LogP contribution in [-0.4, -0.2) is 41.1 Å². The van der Waals surface area contributed by atoms with Crippen molar-refractivity contribution in [1.29, 1.82) is 0 Å². The SMILES string of the molecule is CCCN(CCC)Cc1cc(-c2cc(=S)ss2)cc(CN(CCC)CCC)c1O. The van der Waals surface area contributed by atoms with Gasteiger partial charge in [-0.1, -0.05) is 60.6 Å². The number of benzene rings is 1. The van der Waals surface area contributed by atoms with Gasteiger partial charge in [0.15, 0.2) is 0 Å². The van der Waals surface area contributed by atoms with E-state index in [0.29, 0.717) is 5.75 Å². The summed E-state index contributed by atoms with van der Waals surface area (Å²) in [5.74, 6) is 0.474. The highest BCUT2D eigenvalue weighted by Crippen LogP contribution is 2.36. The van der Waals surface area contributed by atoms with Crippen LogP contribution in [0.5, 0.6) is 5.75 Å². The van der Waals surface area contributed by atoms with E-state index in [2.05, 4.69) is 55.7 Å². The fourth-order valence-corrected chi connectivity index (χ4v) is 6.19. The lowest BCUT2D eigenvalue weighted by Gasteiger charge is -2.25. The highest BCUT2D eigenvalue weighted by molar-refractivity contribution is 7.80. The van der Waals surface area contributed by atoms with Gasteiger partial charge >= 0.3 is 0 Å². The van der Waals surface area contributed by atoms with Crippen LogP contribution < -0.4 is 0 Å². The molecule has 1 N–H and O–H groups in total. The molecule has 0 fully saturated rings. The maximum absolute atomic E-state index is 11.2. The van der Waals surface area contributed by atoms with Crippen molar-refractivity contribution >= 4 is 32.9 Å². The van der Waals surface area contributed by atoms with E-state index in [1.165, 1.54) is 10.4 Å². The van der Waals surface area contributed by atoms with Crippen LogP contribution in [0, 0.1) is 3.82 Å². The molecule has 3 nitrogen and oxygen atoms in total. The van der Waals surface area contributed by atoms with Crippen LogP contribution >= 0.6 is 32.9 Å². The molecule has 0 aliphatic rings. The predicted molar refractivity (Wildman–Crippen MR) is 132 cm³/mol. The second-order valence-corrected chi connectivity index (χ2v) is 10.6. The average molecular weight is 453 g/mol. The molecule has 0 aliphatic heterocycles. The Kier molecular flexibility index (Phi) is 10.8. The summed E-state index contributed by atoms with van der Waals surface area (Å²) in [5, 5.41) is 11.2. The van der Waals surface area contributed by atoms with Crippen molar-refractivity contribution in [3.05, 3.63) is 33.1 Å². The molecule has 0 radical (unpaired) electrons. The molecule has 0 aliphatic carbocycles. The van der Waals surface area contributed by atoms with Crippen molar-refractivity contribution < 1.29 is 5.11 Å².